The third-order valence-electron chi connectivity index (χ3n) is 4.13. The molecule has 0 fully saturated rings. The van der Waals surface area contributed by atoms with E-state index in [9.17, 15) is 19.2 Å². The van der Waals surface area contributed by atoms with Crippen LogP contribution in [0.5, 0.6) is 0 Å². The second kappa shape index (κ2) is 14.8. The van der Waals surface area contributed by atoms with Gasteiger partial charge in [-0.05, 0) is 48.0 Å². The van der Waals surface area contributed by atoms with E-state index in [2.05, 4.69) is 16.0 Å². The van der Waals surface area contributed by atoms with Gasteiger partial charge in [-0.15, -0.1) is 6.42 Å². The predicted molar refractivity (Wildman–Crippen MR) is 128 cm³/mol. The molecule has 0 aliphatic carbocycles. The van der Waals surface area contributed by atoms with Crippen LogP contribution in [0.4, 0.5) is 0 Å². The molecule has 0 radical (unpaired) electrons. The van der Waals surface area contributed by atoms with E-state index >= 15 is 0 Å². The maximum atomic E-state index is 12.0. The summed E-state index contributed by atoms with van der Waals surface area (Å²) >= 11 is 0. The van der Waals surface area contributed by atoms with Gasteiger partial charge in [0.1, 0.15) is 12.8 Å². The summed E-state index contributed by atoms with van der Waals surface area (Å²) in [6.45, 7) is 9.18. The lowest BCUT2D eigenvalue weighted by Crippen LogP contribution is -2.33. The lowest BCUT2D eigenvalue weighted by molar-refractivity contribution is -0.162. The zero-order valence-corrected chi connectivity index (χ0v) is 22.3. The van der Waals surface area contributed by atoms with E-state index in [1.165, 1.54) is 0 Å². The largest absolute Gasteiger partial charge is 0.438 e. The van der Waals surface area contributed by atoms with Gasteiger partial charge in [0.2, 0.25) is 13.6 Å². The van der Waals surface area contributed by atoms with Crippen LogP contribution in [0.3, 0.4) is 0 Å². The summed E-state index contributed by atoms with van der Waals surface area (Å²) in [6, 6.07) is 0. The lowest BCUT2D eigenvalue weighted by atomic mass is 9.98. The Kier molecular flexibility index (Phi) is 12.9. The molecule has 1 N–H and O–H groups in total. The quantitative estimate of drug-likeness (QED) is 0.161. The van der Waals surface area contributed by atoms with E-state index in [-0.39, 0.29) is 26.2 Å². The van der Waals surface area contributed by atoms with Gasteiger partial charge in [-0.25, -0.2) is 9.48 Å². The highest BCUT2D eigenvalue weighted by Crippen LogP contribution is 2.40. The first-order valence-corrected chi connectivity index (χ1v) is 12.1. The molecular formula is C22H34N3O10P. The SMILES string of the molecule is C#CCOC(CCn1ncc(=O)[nH]c1=O)COP(OCOC(=O)C(C)(C)C)OCOC(=O)C(C)(C)C. The van der Waals surface area contributed by atoms with Gasteiger partial charge < -0.3 is 18.7 Å². The molecule has 14 heteroatoms. The first-order valence-electron chi connectivity index (χ1n) is 11.0. The number of nitrogens with one attached hydrogen (secondary N) is 1. The van der Waals surface area contributed by atoms with Crippen molar-refractivity contribution in [2.75, 3.05) is 26.8 Å². The molecule has 1 unspecified atom stereocenters. The third kappa shape index (κ3) is 12.4. The van der Waals surface area contributed by atoms with Crippen molar-refractivity contribution >= 4 is 20.5 Å². The van der Waals surface area contributed by atoms with Crippen LogP contribution in [0.1, 0.15) is 48.0 Å². The molecule has 1 atom stereocenters. The van der Waals surface area contributed by atoms with Crippen molar-refractivity contribution in [2.45, 2.75) is 60.6 Å². The minimum absolute atomic E-state index is 0.0337. The van der Waals surface area contributed by atoms with Gasteiger partial charge in [0.15, 0.2) is 0 Å². The number of aromatic amines is 1. The van der Waals surface area contributed by atoms with Gasteiger partial charge >= 0.3 is 26.2 Å². The third-order valence-corrected chi connectivity index (χ3v) is 5.12. The van der Waals surface area contributed by atoms with Crippen molar-refractivity contribution in [3.05, 3.63) is 27.0 Å². The number of H-pyrrole nitrogens is 1. The monoisotopic (exact) mass is 531 g/mol. The van der Waals surface area contributed by atoms with Crippen molar-refractivity contribution in [2.24, 2.45) is 10.8 Å². The van der Waals surface area contributed by atoms with Crippen LogP contribution in [0.25, 0.3) is 0 Å². The number of esters is 2. The summed E-state index contributed by atoms with van der Waals surface area (Å²) in [5.41, 5.74) is -2.76. The predicted octanol–water partition coefficient (Wildman–Crippen LogP) is 1.71. The molecule has 0 aliphatic heterocycles. The van der Waals surface area contributed by atoms with E-state index in [1.807, 2.05) is 0 Å². The molecule has 0 saturated heterocycles. The average Bonchev–Trinajstić information content (AvgIpc) is 2.77. The number of nitrogens with zero attached hydrogens (tertiary/aromatic N) is 2. The number of terminal acetylenes is 1. The first kappa shape index (κ1) is 31.4. The second-order valence-electron chi connectivity index (χ2n) is 9.46. The normalized spacial score (nSPS) is 12.7. The van der Waals surface area contributed by atoms with E-state index in [4.69, 9.17) is 34.2 Å². The molecule has 1 aromatic rings. The molecule has 0 bridgehead atoms. The summed E-state index contributed by atoms with van der Waals surface area (Å²) in [4.78, 5) is 49.1. The van der Waals surface area contributed by atoms with Gasteiger partial charge in [-0.3, -0.25) is 28.4 Å². The molecule has 36 heavy (non-hydrogen) atoms. The standard InChI is InChI=1S/C22H34N3O10P/c1-8-11-30-16(9-10-25-20(29)24-17(26)12-23-25)13-33-36(34-14-31-18(27)21(2,3)4)35-15-32-19(28)22(5,6)7/h1,12,16H,9-11,13-15H2,2-7H3,(H,24,26,29). The van der Waals surface area contributed by atoms with Crippen LogP contribution in [0, 0.1) is 23.2 Å². The van der Waals surface area contributed by atoms with Crippen LogP contribution in [0.15, 0.2) is 15.8 Å². The molecule has 0 spiro atoms. The van der Waals surface area contributed by atoms with Gasteiger partial charge in [0, 0.05) is 6.54 Å². The lowest BCUT2D eigenvalue weighted by Gasteiger charge is -2.22. The highest BCUT2D eigenvalue weighted by Gasteiger charge is 2.26. The Morgan fingerprint density at radius 2 is 1.61 bits per heavy atom. The molecule has 1 rings (SSSR count). The van der Waals surface area contributed by atoms with Gasteiger partial charge in [0.25, 0.3) is 5.56 Å². The molecule has 13 nitrogen and oxygen atoms in total. The number of aromatic nitrogens is 3. The minimum atomic E-state index is -2.13. The van der Waals surface area contributed by atoms with Crippen molar-refractivity contribution < 1.29 is 37.4 Å². The second-order valence-corrected chi connectivity index (χ2v) is 10.7. The van der Waals surface area contributed by atoms with E-state index in [1.54, 1.807) is 41.5 Å². The summed E-state index contributed by atoms with van der Waals surface area (Å²) < 4.78 is 33.2. The summed E-state index contributed by atoms with van der Waals surface area (Å²) in [7, 11) is -2.13. The number of ether oxygens (including phenoxy) is 3. The van der Waals surface area contributed by atoms with Crippen LogP contribution in [-0.2, 0) is 43.9 Å². The van der Waals surface area contributed by atoms with Crippen LogP contribution < -0.4 is 11.2 Å². The van der Waals surface area contributed by atoms with Crippen LogP contribution >= 0.6 is 8.60 Å². The summed E-state index contributed by atoms with van der Waals surface area (Å²) in [5.74, 6) is 1.35. The molecular weight excluding hydrogens is 497 g/mol. The topological polar surface area (TPSA) is 157 Å². The maximum absolute atomic E-state index is 12.0. The Hall–Kier alpha value is -2.62. The molecule has 0 amide bonds. The number of carbonyl (C=O) groups is 2. The molecule has 0 aromatic carbocycles. The first-order chi connectivity index (χ1) is 16.7. The highest BCUT2D eigenvalue weighted by atomic mass is 31.2. The zero-order valence-electron chi connectivity index (χ0n) is 21.4. The van der Waals surface area contributed by atoms with Gasteiger partial charge in [-0.2, -0.15) is 5.10 Å². The fraction of sp³-hybridized carbons (Fsp3) is 0.682. The van der Waals surface area contributed by atoms with Crippen molar-refractivity contribution in [3.63, 3.8) is 0 Å². The maximum Gasteiger partial charge on any atom is 0.344 e. The van der Waals surface area contributed by atoms with Crippen molar-refractivity contribution in [1.29, 1.82) is 0 Å². The molecule has 0 aliphatic rings. The number of rotatable bonds is 14. The van der Waals surface area contributed by atoms with Crippen molar-refractivity contribution in [3.8, 4) is 12.3 Å². The molecule has 202 valence electrons. The van der Waals surface area contributed by atoms with E-state index < -0.39 is 62.3 Å². The Bertz CT molecular complexity index is 971. The number of aryl methyl sites for hydroxylation is 1. The number of carbonyl (C=O) groups excluding carboxylic acids is 2. The summed E-state index contributed by atoms with van der Waals surface area (Å²) in [5, 5.41) is 3.76. The zero-order chi connectivity index (χ0) is 27.4. The van der Waals surface area contributed by atoms with Crippen LogP contribution in [0.2, 0.25) is 0 Å². The smallest absolute Gasteiger partial charge is 0.344 e. The highest BCUT2D eigenvalue weighted by molar-refractivity contribution is 7.41. The Morgan fingerprint density at radius 3 is 2.08 bits per heavy atom. The molecule has 1 aromatic heterocycles. The molecule has 1 heterocycles. The van der Waals surface area contributed by atoms with Crippen LogP contribution in [-0.4, -0.2) is 59.6 Å². The average molecular weight is 531 g/mol. The summed E-state index contributed by atoms with van der Waals surface area (Å²) in [6.07, 6.45) is 5.87. The van der Waals surface area contributed by atoms with Gasteiger partial charge in [-0.1, -0.05) is 5.92 Å². The van der Waals surface area contributed by atoms with E-state index in [0.717, 1.165) is 10.9 Å². The number of hydrogen-bond acceptors (Lipinski definition) is 11. The van der Waals surface area contributed by atoms with E-state index in [0.29, 0.717) is 0 Å². The Balaban J connectivity index is 2.76. The fourth-order valence-electron chi connectivity index (χ4n) is 2.12. The van der Waals surface area contributed by atoms with Crippen molar-refractivity contribution in [1.82, 2.24) is 14.8 Å². The number of hydrogen-bond donors (Lipinski definition) is 1. The minimum Gasteiger partial charge on any atom is -0.438 e. The Labute approximate surface area is 210 Å². The molecule has 0 saturated carbocycles. The van der Waals surface area contributed by atoms with Gasteiger partial charge in [0.05, 0.1) is 23.5 Å². The Morgan fingerprint density at radius 1 is 1.06 bits per heavy atom. The fourth-order valence-corrected chi connectivity index (χ4v) is 2.91.